The average molecular weight is 163 g/mol. The van der Waals surface area contributed by atoms with Gasteiger partial charge in [-0.2, -0.15) is 0 Å². The lowest BCUT2D eigenvalue weighted by atomic mass is 10.6. The van der Waals surface area contributed by atoms with Crippen LogP contribution in [0.2, 0.25) is 0 Å². The first-order chi connectivity index (χ1) is 5.41. The Hall–Kier alpha value is -0.160. The highest BCUT2D eigenvalue weighted by Crippen LogP contribution is 1.71. The van der Waals surface area contributed by atoms with E-state index < -0.39 is 0 Å². The van der Waals surface area contributed by atoms with Gasteiger partial charge < -0.3 is 19.9 Å². The predicted molar refractivity (Wildman–Crippen MR) is 42.7 cm³/mol. The van der Waals surface area contributed by atoms with E-state index in [9.17, 15) is 0 Å². The van der Waals surface area contributed by atoms with Gasteiger partial charge in [0.05, 0.1) is 26.4 Å². The maximum Gasteiger partial charge on any atom is 0.0698 e. The predicted octanol–water partition coefficient (Wildman–Crippen LogP) is -0.769. The number of ether oxygens (including phenoxy) is 2. The quantitative estimate of drug-likeness (QED) is 0.461. The molecule has 0 amide bonds. The molecule has 0 saturated carbocycles. The van der Waals surface area contributed by atoms with Gasteiger partial charge in [0.2, 0.25) is 0 Å². The van der Waals surface area contributed by atoms with Crippen molar-refractivity contribution < 1.29 is 14.6 Å². The number of nitrogens with one attached hydrogen (secondary N) is 1. The van der Waals surface area contributed by atoms with Crippen molar-refractivity contribution in [2.24, 2.45) is 0 Å². The Bertz CT molecular complexity index is 62.7. The van der Waals surface area contributed by atoms with Crippen molar-refractivity contribution in [3.63, 3.8) is 0 Å². The van der Waals surface area contributed by atoms with Crippen LogP contribution in [0.3, 0.4) is 0 Å². The SMILES string of the molecule is COCCNCCOCCO. The van der Waals surface area contributed by atoms with Gasteiger partial charge in [0.1, 0.15) is 0 Å². The average Bonchev–Trinajstić information content (AvgIpc) is 2.03. The monoisotopic (exact) mass is 163 g/mol. The van der Waals surface area contributed by atoms with Gasteiger partial charge in [-0.05, 0) is 0 Å². The maximum atomic E-state index is 8.34. The van der Waals surface area contributed by atoms with Crippen molar-refractivity contribution in [2.75, 3.05) is 46.6 Å². The summed E-state index contributed by atoms with van der Waals surface area (Å²) in [4.78, 5) is 0. The summed E-state index contributed by atoms with van der Waals surface area (Å²) in [7, 11) is 1.67. The van der Waals surface area contributed by atoms with Crippen molar-refractivity contribution in [3.05, 3.63) is 0 Å². The maximum absolute atomic E-state index is 8.34. The van der Waals surface area contributed by atoms with Crippen molar-refractivity contribution >= 4 is 0 Å². The molecule has 0 saturated heterocycles. The zero-order chi connectivity index (χ0) is 8.36. The topological polar surface area (TPSA) is 50.7 Å². The van der Waals surface area contributed by atoms with Crippen molar-refractivity contribution in [2.45, 2.75) is 0 Å². The molecule has 0 heterocycles. The number of rotatable bonds is 8. The Balaban J connectivity index is 2.69. The number of hydrogen-bond acceptors (Lipinski definition) is 4. The molecule has 0 spiro atoms. The highest BCUT2D eigenvalue weighted by molar-refractivity contribution is 4.43. The Labute approximate surface area is 67.5 Å². The number of hydrogen-bond donors (Lipinski definition) is 2. The minimum Gasteiger partial charge on any atom is -0.394 e. The molecule has 0 aromatic heterocycles. The standard InChI is InChI=1S/C7H17NO3/c1-10-5-2-8-3-6-11-7-4-9/h8-9H,2-7H2,1H3. The molecule has 0 radical (unpaired) electrons. The van der Waals surface area contributed by atoms with E-state index in [0.717, 1.165) is 19.7 Å². The molecule has 0 unspecified atom stereocenters. The first-order valence-electron chi connectivity index (χ1n) is 3.80. The van der Waals surface area contributed by atoms with Gasteiger partial charge in [0, 0.05) is 20.2 Å². The molecule has 2 N–H and O–H groups in total. The molecule has 0 aliphatic heterocycles. The van der Waals surface area contributed by atoms with Gasteiger partial charge in [0.15, 0.2) is 0 Å². The smallest absolute Gasteiger partial charge is 0.0698 e. The molecule has 0 fully saturated rings. The largest absolute Gasteiger partial charge is 0.394 e. The fourth-order valence-electron chi connectivity index (χ4n) is 0.610. The Morgan fingerprint density at radius 2 is 1.91 bits per heavy atom. The van der Waals surface area contributed by atoms with Crippen LogP contribution in [0.15, 0.2) is 0 Å². The van der Waals surface area contributed by atoms with E-state index >= 15 is 0 Å². The van der Waals surface area contributed by atoms with Crippen LogP contribution < -0.4 is 5.32 Å². The van der Waals surface area contributed by atoms with Crippen LogP contribution in [0.25, 0.3) is 0 Å². The van der Waals surface area contributed by atoms with Crippen LogP contribution in [-0.2, 0) is 9.47 Å². The third-order valence-corrected chi connectivity index (χ3v) is 1.14. The molecular weight excluding hydrogens is 146 g/mol. The van der Waals surface area contributed by atoms with Crippen LogP contribution in [0.5, 0.6) is 0 Å². The highest BCUT2D eigenvalue weighted by atomic mass is 16.5. The first-order valence-corrected chi connectivity index (χ1v) is 3.80. The normalized spacial score (nSPS) is 10.4. The summed E-state index contributed by atoms with van der Waals surface area (Å²) in [5.74, 6) is 0. The molecule has 11 heavy (non-hydrogen) atoms. The first kappa shape index (κ1) is 10.8. The van der Waals surface area contributed by atoms with Gasteiger partial charge >= 0.3 is 0 Å². The van der Waals surface area contributed by atoms with Crippen molar-refractivity contribution in [1.82, 2.24) is 5.32 Å². The van der Waals surface area contributed by atoms with Gasteiger partial charge in [-0.1, -0.05) is 0 Å². The summed E-state index contributed by atoms with van der Waals surface area (Å²) < 4.78 is 9.84. The lowest BCUT2D eigenvalue weighted by molar-refractivity contribution is 0.0927. The lowest BCUT2D eigenvalue weighted by Crippen LogP contribution is -2.24. The van der Waals surface area contributed by atoms with Crippen LogP contribution >= 0.6 is 0 Å². The summed E-state index contributed by atoms with van der Waals surface area (Å²) in [6.45, 7) is 3.54. The molecular formula is C7H17NO3. The van der Waals surface area contributed by atoms with Crippen molar-refractivity contribution in [3.8, 4) is 0 Å². The summed E-state index contributed by atoms with van der Waals surface area (Å²) >= 11 is 0. The van der Waals surface area contributed by atoms with E-state index in [1.165, 1.54) is 0 Å². The second-order valence-corrected chi connectivity index (χ2v) is 2.08. The molecule has 0 bridgehead atoms. The highest BCUT2D eigenvalue weighted by Gasteiger charge is 1.86. The van der Waals surface area contributed by atoms with E-state index in [1.54, 1.807) is 7.11 Å². The Morgan fingerprint density at radius 1 is 1.18 bits per heavy atom. The third kappa shape index (κ3) is 9.84. The van der Waals surface area contributed by atoms with Gasteiger partial charge in [0.25, 0.3) is 0 Å². The second kappa shape index (κ2) is 9.84. The van der Waals surface area contributed by atoms with Gasteiger partial charge in [-0.25, -0.2) is 0 Å². The molecule has 0 rings (SSSR count). The van der Waals surface area contributed by atoms with E-state index in [1.807, 2.05) is 0 Å². The van der Waals surface area contributed by atoms with E-state index in [4.69, 9.17) is 14.6 Å². The Morgan fingerprint density at radius 3 is 2.55 bits per heavy atom. The summed E-state index contributed by atoms with van der Waals surface area (Å²) in [6, 6.07) is 0. The zero-order valence-corrected chi connectivity index (χ0v) is 7.01. The fraction of sp³-hybridized carbons (Fsp3) is 1.00. The molecule has 0 aromatic carbocycles. The van der Waals surface area contributed by atoms with Crippen LogP contribution in [0, 0.1) is 0 Å². The van der Waals surface area contributed by atoms with Crippen LogP contribution in [0.1, 0.15) is 0 Å². The molecule has 0 aromatic rings. The van der Waals surface area contributed by atoms with Crippen LogP contribution in [-0.4, -0.2) is 51.7 Å². The number of aliphatic hydroxyl groups excluding tert-OH is 1. The molecule has 4 heteroatoms. The van der Waals surface area contributed by atoms with E-state index in [-0.39, 0.29) is 6.61 Å². The third-order valence-electron chi connectivity index (χ3n) is 1.14. The van der Waals surface area contributed by atoms with E-state index in [0.29, 0.717) is 13.2 Å². The molecule has 0 aliphatic rings. The summed E-state index contributed by atoms with van der Waals surface area (Å²) in [5.41, 5.74) is 0. The minimum absolute atomic E-state index is 0.0953. The van der Waals surface area contributed by atoms with Crippen molar-refractivity contribution in [1.29, 1.82) is 0 Å². The molecule has 4 nitrogen and oxygen atoms in total. The van der Waals surface area contributed by atoms with E-state index in [2.05, 4.69) is 5.32 Å². The van der Waals surface area contributed by atoms with Gasteiger partial charge in [-0.15, -0.1) is 0 Å². The van der Waals surface area contributed by atoms with Crippen LogP contribution in [0.4, 0.5) is 0 Å². The molecule has 0 aliphatic carbocycles. The lowest BCUT2D eigenvalue weighted by Gasteiger charge is -2.03. The van der Waals surface area contributed by atoms with Gasteiger partial charge in [-0.3, -0.25) is 0 Å². The number of methoxy groups -OCH3 is 1. The summed E-state index contributed by atoms with van der Waals surface area (Å²) in [5, 5.41) is 11.5. The minimum atomic E-state index is 0.0953. The second-order valence-electron chi connectivity index (χ2n) is 2.08. The fourth-order valence-corrected chi connectivity index (χ4v) is 0.610. The Kier molecular flexibility index (Phi) is 9.70. The molecule has 68 valence electrons. The molecule has 0 atom stereocenters. The number of aliphatic hydroxyl groups is 1. The zero-order valence-electron chi connectivity index (χ0n) is 7.01. The summed E-state index contributed by atoms with van der Waals surface area (Å²) in [6.07, 6.45) is 0.